The molecule has 32 heavy (non-hydrogen) atoms. The van der Waals surface area contributed by atoms with Gasteiger partial charge in [-0.25, -0.2) is 0 Å². The SMILES string of the molecule is c1ccc(O[Si]2(Oc3ccccc3)C[Si](Oc3ccccc3)(Oc3ccccc3)C2)cc1. The molecule has 4 aromatic rings. The Balaban J connectivity index is 1.45. The molecule has 160 valence electrons. The second-order valence-electron chi connectivity index (χ2n) is 7.84. The number of para-hydroxylation sites is 4. The Morgan fingerprint density at radius 3 is 0.781 bits per heavy atom. The van der Waals surface area contributed by atoms with Crippen molar-refractivity contribution in [1.82, 2.24) is 0 Å². The van der Waals surface area contributed by atoms with E-state index in [1.54, 1.807) is 0 Å². The van der Waals surface area contributed by atoms with Gasteiger partial charge in [-0.15, -0.1) is 0 Å². The zero-order valence-electron chi connectivity index (χ0n) is 17.6. The third kappa shape index (κ3) is 4.71. The zero-order chi connectivity index (χ0) is 21.7. The smallest absolute Gasteiger partial charge is 0.468 e. The van der Waals surface area contributed by atoms with Crippen molar-refractivity contribution in [3.63, 3.8) is 0 Å². The first-order chi connectivity index (χ1) is 15.7. The molecule has 0 aromatic heterocycles. The van der Waals surface area contributed by atoms with Crippen LogP contribution in [0.25, 0.3) is 0 Å². The summed E-state index contributed by atoms with van der Waals surface area (Å²) in [6.45, 7) is 0. The molecule has 1 heterocycles. The van der Waals surface area contributed by atoms with Crippen LogP contribution in [0.1, 0.15) is 0 Å². The largest absolute Gasteiger partial charge is 0.512 e. The highest BCUT2D eigenvalue weighted by Crippen LogP contribution is 2.44. The molecule has 0 aliphatic carbocycles. The van der Waals surface area contributed by atoms with E-state index >= 15 is 0 Å². The van der Waals surface area contributed by atoms with Crippen molar-refractivity contribution in [2.75, 3.05) is 0 Å². The molecule has 4 aromatic carbocycles. The molecule has 0 radical (unpaired) electrons. The van der Waals surface area contributed by atoms with Gasteiger partial charge in [0.25, 0.3) is 0 Å². The lowest BCUT2D eigenvalue weighted by Crippen LogP contribution is -2.75. The van der Waals surface area contributed by atoms with E-state index in [0.717, 1.165) is 23.0 Å². The van der Waals surface area contributed by atoms with E-state index in [-0.39, 0.29) is 0 Å². The van der Waals surface area contributed by atoms with Crippen LogP contribution in [-0.4, -0.2) is 17.1 Å². The van der Waals surface area contributed by atoms with Gasteiger partial charge in [-0.05, 0) is 48.5 Å². The summed E-state index contributed by atoms with van der Waals surface area (Å²) in [6.07, 6.45) is 0. The van der Waals surface area contributed by atoms with Crippen LogP contribution in [0.3, 0.4) is 0 Å². The van der Waals surface area contributed by atoms with E-state index in [2.05, 4.69) is 0 Å². The van der Waals surface area contributed by atoms with E-state index < -0.39 is 17.1 Å². The average Bonchev–Trinajstić information content (AvgIpc) is 2.81. The van der Waals surface area contributed by atoms with Gasteiger partial charge in [0.05, 0.1) is 11.3 Å². The first-order valence-corrected chi connectivity index (χ1v) is 15.2. The predicted molar refractivity (Wildman–Crippen MR) is 129 cm³/mol. The van der Waals surface area contributed by atoms with Crippen LogP contribution < -0.4 is 17.7 Å². The normalized spacial score (nSPS) is 15.8. The topological polar surface area (TPSA) is 36.9 Å². The van der Waals surface area contributed by atoms with Crippen LogP contribution in [-0.2, 0) is 0 Å². The average molecular weight is 457 g/mol. The summed E-state index contributed by atoms with van der Waals surface area (Å²) in [4.78, 5) is 0. The summed E-state index contributed by atoms with van der Waals surface area (Å²) in [7, 11) is -5.31. The van der Waals surface area contributed by atoms with Crippen LogP contribution in [0.5, 0.6) is 23.0 Å². The van der Waals surface area contributed by atoms with Crippen LogP contribution in [0.4, 0.5) is 0 Å². The van der Waals surface area contributed by atoms with Gasteiger partial charge in [-0.2, -0.15) is 0 Å². The summed E-state index contributed by atoms with van der Waals surface area (Å²) in [5, 5.41) is 0. The molecule has 1 aliphatic heterocycles. The number of hydrogen-bond donors (Lipinski definition) is 0. The van der Waals surface area contributed by atoms with E-state index in [1.165, 1.54) is 0 Å². The lowest BCUT2D eigenvalue weighted by atomic mass is 10.3. The van der Waals surface area contributed by atoms with E-state index in [0.29, 0.717) is 11.3 Å². The second kappa shape index (κ2) is 8.94. The van der Waals surface area contributed by atoms with Gasteiger partial charge in [0, 0.05) is 0 Å². The minimum Gasteiger partial charge on any atom is -0.512 e. The summed E-state index contributed by atoms with van der Waals surface area (Å²) >= 11 is 0. The number of rotatable bonds is 8. The van der Waals surface area contributed by atoms with Gasteiger partial charge in [0.1, 0.15) is 23.0 Å². The maximum atomic E-state index is 6.56. The lowest BCUT2D eigenvalue weighted by molar-refractivity contribution is 0.323. The van der Waals surface area contributed by atoms with E-state index in [1.807, 2.05) is 121 Å². The van der Waals surface area contributed by atoms with Gasteiger partial charge in [0.15, 0.2) is 0 Å². The van der Waals surface area contributed by atoms with Gasteiger partial charge in [-0.1, -0.05) is 72.8 Å². The molecule has 4 nitrogen and oxygen atoms in total. The fourth-order valence-corrected chi connectivity index (χ4v) is 14.7. The molecular weight excluding hydrogens is 432 g/mol. The molecule has 0 bridgehead atoms. The number of hydrogen-bond acceptors (Lipinski definition) is 4. The molecule has 0 saturated carbocycles. The van der Waals surface area contributed by atoms with Crippen molar-refractivity contribution in [2.45, 2.75) is 11.3 Å². The van der Waals surface area contributed by atoms with Crippen molar-refractivity contribution >= 4 is 17.1 Å². The highest BCUT2D eigenvalue weighted by Gasteiger charge is 2.72. The highest BCUT2D eigenvalue weighted by atomic mass is 28.5. The molecule has 0 amide bonds. The molecule has 1 aliphatic rings. The molecule has 1 saturated heterocycles. The molecule has 0 spiro atoms. The molecule has 0 atom stereocenters. The Kier molecular flexibility index (Phi) is 5.70. The Labute approximate surface area is 190 Å². The summed E-state index contributed by atoms with van der Waals surface area (Å²) < 4.78 is 26.3. The van der Waals surface area contributed by atoms with Crippen LogP contribution in [0.2, 0.25) is 11.3 Å². The lowest BCUT2D eigenvalue weighted by Gasteiger charge is -2.47. The van der Waals surface area contributed by atoms with Crippen molar-refractivity contribution in [1.29, 1.82) is 0 Å². The van der Waals surface area contributed by atoms with E-state index in [4.69, 9.17) is 17.7 Å². The van der Waals surface area contributed by atoms with Crippen molar-refractivity contribution < 1.29 is 17.7 Å². The third-order valence-corrected chi connectivity index (χ3v) is 16.3. The quantitative estimate of drug-likeness (QED) is 0.293. The monoisotopic (exact) mass is 456 g/mol. The Morgan fingerprint density at radius 1 is 0.344 bits per heavy atom. The standard InChI is InChI=1S/C26H24O4Si2/c1-5-13-23(14-6-1)27-31(28-24-15-7-2-8-16-24)21-32(22-31,29-25-17-9-3-10-18-25)30-26-19-11-4-12-20-26/h1-20H,21-22H2. The summed E-state index contributed by atoms with van der Waals surface area (Å²) in [5.41, 5.74) is 1.32. The maximum absolute atomic E-state index is 6.56. The van der Waals surface area contributed by atoms with Crippen molar-refractivity contribution in [2.24, 2.45) is 0 Å². The number of benzene rings is 4. The Bertz CT molecular complexity index is 942. The molecular formula is C26H24O4Si2. The Morgan fingerprint density at radius 2 is 0.562 bits per heavy atom. The van der Waals surface area contributed by atoms with Crippen LogP contribution >= 0.6 is 0 Å². The minimum absolute atomic E-state index is 0.660. The molecule has 1 fully saturated rings. The van der Waals surface area contributed by atoms with Crippen molar-refractivity contribution in [3.05, 3.63) is 121 Å². The third-order valence-electron chi connectivity index (χ3n) is 5.27. The first-order valence-electron chi connectivity index (χ1n) is 10.7. The first kappa shape index (κ1) is 20.4. The molecule has 5 rings (SSSR count). The predicted octanol–water partition coefficient (Wildman–Crippen LogP) is 6.28. The Hall–Kier alpha value is -3.49. The van der Waals surface area contributed by atoms with Gasteiger partial charge in [0.2, 0.25) is 0 Å². The van der Waals surface area contributed by atoms with Gasteiger partial charge >= 0.3 is 17.1 Å². The zero-order valence-corrected chi connectivity index (χ0v) is 19.6. The highest BCUT2D eigenvalue weighted by molar-refractivity contribution is 7.04. The second-order valence-corrected chi connectivity index (χ2v) is 15.1. The van der Waals surface area contributed by atoms with E-state index in [9.17, 15) is 0 Å². The minimum atomic E-state index is -2.66. The summed E-state index contributed by atoms with van der Waals surface area (Å²) in [6, 6.07) is 39.5. The van der Waals surface area contributed by atoms with Gasteiger partial charge in [-0.3, -0.25) is 0 Å². The molecule has 6 heteroatoms. The van der Waals surface area contributed by atoms with Crippen molar-refractivity contribution in [3.8, 4) is 23.0 Å². The maximum Gasteiger partial charge on any atom is 0.468 e. The summed E-state index contributed by atoms with van der Waals surface area (Å²) in [5.74, 6) is 3.27. The molecule has 0 unspecified atom stereocenters. The fourth-order valence-electron chi connectivity index (χ4n) is 3.91. The molecule has 0 N–H and O–H groups in total. The van der Waals surface area contributed by atoms with Crippen LogP contribution in [0.15, 0.2) is 121 Å². The van der Waals surface area contributed by atoms with Crippen LogP contribution in [0, 0.1) is 0 Å². The van der Waals surface area contributed by atoms with Gasteiger partial charge < -0.3 is 17.7 Å². The fraction of sp³-hybridized carbons (Fsp3) is 0.0769.